The number of hydrazine groups is 1. The highest BCUT2D eigenvalue weighted by Gasteiger charge is 2.12. The van der Waals surface area contributed by atoms with E-state index in [0.717, 1.165) is 0 Å². The van der Waals surface area contributed by atoms with Crippen LogP contribution in [0.2, 0.25) is 0 Å². The van der Waals surface area contributed by atoms with E-state index in [1.54, 1.807) is 5.01 Å². The predicted molar refractivity (Wildman–Crippen MR) is 39.1 cm³/mol. The maximum absolute atomic E-state index is 10.7. The zero-order chi connectivity index (χ0) is 8.81. The number of morpholine rings is 1. The molecule has 0 unspecified atom stereocenters. The molecule has 0 aliphatic carbocycles. The van der Waals surface area contributed by atoms with Gasteiger partial charge in [-0.1, -0.05) is 0 Å². The molecule has 1 saturated heterocycles. The highest BCUT2D eigenvalue weighted by Crippen LogP contribution is 1.92. The molecule has 0 aromatic heterocycles. The van der Waals surface area contributed by atoms with Gasteiger partial charge in [-0.3, -0.25) is 5.43 Å². The van der Waals surface area contributed by atoms with Crippen LogP contribution in [-0.2, 0) is 9.47 Å². The zero-order valence-electron chi connectivity index (χ0n) is 6.65. The maximum Gasteiger partial charge on any atom is 0.423 e. The standard InChI is InChI=1S/C6H12N2O4/c9-5-12-6(10)7-8-1-3-11-4-2-8/h9H,1-5H2,(H,7,10). The first kappa shape index (κ1) is 9.24. The number of aliphatic hydroxyl groups excluding tert-OH is 1. The molecular weight excluding hydrogens is 164 g/mol. The van der Waals surface area contributed by atoms with E-state index >= 15 is 0 Å². The number of rotatable bonds is 2. The van der Waals surface area contributed by atoms with Crippen LogP contribution in [0.15, 0.2) is 0 Å². The Morgan fingerprint density at radius 3 is 2.83 bits per heavy atom. The van der Waals surface area contributed by atoms with Gasteiger partial charge in [-0.25, -0.2) is 9.80 Å². The fraction of sp³-hybridized carbons (Fsp3) is 0.833. The monoisotopic (exact) mass is 176 g/mol. The van der Waals surface area contributed by atoms with Crippen LogP contribution < -0.4 is 5.43 Å². The molecule has 1 heterocycles. The fourth-order valence-electron chi connectivity index (χ4n) is 0.895. The van der Waals surface area contributed by atoms with Gasteiger partial charge in [0.05, 0.1) is 13.2 Å². The quantitative estimate of drug-likeness (QED) is 0.523. The topological polar surface area (TPSA) is 71.0 Å². The molecule has 6 nitrogen and oxygen atoms in total. The summed E-state index contributed by atoms with van der Waals surface area (Å²) in [6, 6.07) is 0. The van der Waals surface area contributed by atoms with Crippen molar-refractivity contribution >= 4 is 6.09 Å². The maximum atomic E-state index is 10.7. The molecule has 0 spiro atoms. The van der Waals surface area contributed by atoms with Crippen molar-refractivity contribution < 1.29 is 19.4 Å². The lowest BCUT2D eigenvalue weighted by Gasteiger charge is -2.26. The normalized spacial score (nSPS) is 18.8. The van der Waals surface area contributed by atoms with Gasteiger partial charge in [0, 0.05) is 13.1 Å². The van der Waals surface area contributed by atoms with Gasteiger partial charge in [0.1, 0.15) is 0 Å². The van der Waals surface area contributed by atoms with Crippen molar-refractivity contribution in [1.29, 1.82) is 0 Å². The lowest BCUT2D eigenvalue weighted by atomic mass is 10.5. The zero-order valence-corrected chi connectivity index (χ0v) is 6.65. The third kappa shape index (κ3) is 3.04. The van der Waals surface area contributed by atoms with E-state index in [1.807, 2.05) is 0 Å². The van der Waals surface area contributed by atoms with Crippen LogP contribution in [0.25, 0.3) is 0 Å². The number of carbonyl (C=O) groups is 1. The second-order valence-electron chi connectivity index (χ2n) is 2.27. The van der Waals surface area contributed by atoms with E-state index in [9.17, 15) is 4.79 Å². The minimum atomic E-state index is -0.639. The Kier molecular flexibility index (Phi) is 3.78. The van der Waals surface area contributed by atoms with Gasteiger partial charge in [-0.2, -0.15) is 0 Å². The Bertz CT molecular complexity index is 146. The van der Waals surface area contributed by atoms with Crippen molar-refractivity contribution in [1.82, 2.24) is 10.4 Å². The lowest BCUT2D eigenvalue weighted by molar-refractivity contribution is -0.00529. The summed E-state index contributed by atoms with van der Waals surface area (Å²) < 4.78 is 9.33. The minimum Gasteiger partial charge on any atom is -0.422 e. The average Bonchev–Trinajstić information content (AvgIpc) is 2.06. The number of aliphatic hydroxyl groups is 1. The number of ether oxygens (including phenoxy) is 2. The largest absolute Gasteiger partial charge is 0.423 e. The Morgan fingerprint density at radius 2 is 2.25 bits per heavy atom. The molecule has 0 radical (unpaired) electrons. The summed E-state index contributed by atoms with van der Waals surface area (Å²) in [4.78, 5) is 10.7. The van der Waals surface area contributed by atoms with Crippen LogP contribution in [0.5, 0.6) is 0 Å². The van der Waals surface area contributed by atoms with E-state index in [-0.39, 0.29) is 0 Å². The van der Waals surface area contributed by atoms with Crippen molar-refractivity contribution in [2.24, 2.45) is 0 Å². The highest BCUT2D eigenvalue weighted by atomic mass is 16.6. The molecule has 1 fully saturated rings. The van der Waals surface area contributed by atoms with Crippen LogP contribution >= 0.6 is 0 Å². The average molecular weight is 176 g/mol. The van der Waals surface area contributed by atoms with Crippen LogP contribution in [0, 0.1) is 0 Å². The van der Waals surface area contributed by atoms with Crippen molar-refractivity contribution in [3.05, 3.63) is 0 Å². The molecule has 0 aromatic carbocycles. The van der Waals surface area contributed by atoms with E-state index in [4.69, 9.17) is 9.84 Å². The molecule has 0 saturated carbocycles. The summed E-state index contributed by atoms with van der Waals surface area (Å²) in [5, 5.41) is 9.92. The summed E-state index contributed by atoms with van der Waals surface area (Å²) in [7, 11) is 0. The van der Waals surface area contributed by atoms with Gasteiger partial charge >= 0.3 is 6.09 Å². The molecule has 12 heavy (non-hydrogen) atoms. The molecule has 1 aliphatic heterocycles. The molecule has 0 atom stereocenters. The van der Waals surface area contributed by atoms with Crippen molar-refractivity contribution in [3.63, 3.8) is 0 Å². The fourth-order valence-corrected chi connectivity index (χ4v) is 0.895. The molecule has 70 valence electrons. The van der Waals surface area contributed by atoms with Crippen LogP contribution in [-0.4, -0.2) is 49.3 Å². The minimum absolute atomic E-state index is 0.597. The number of nitrogens with one attached hydrogen (secondary N) is 1. The van der Waals surface area contributed by atoms with Gasteiger partial charge in [-0.05, 0) is 0 Å². The van der Waals surface area contributed by atoms with E-state index in [0.29, 0.717) is 26.3 Å². The molecule has 1 amide bonds. The first-order valence-electron chi connectivity index (χ1n) is 3.70. The Hall–Kier alpha value is -0.850. The number of hydrogen-bond donors (Lipinski definition) is 2. The second kappa shape index (κ2) is 4.91. The van der Waals surface area contributed by atoms with Crippen molar-refractivity contribution in [3.8, 4) is 0 Å². The molecule has 6 heteroatoms. The number of carbonyl (C=O) groups excluding carboxylic acids is 1. The van der Waals surface area contributed by atoms with Gasteiger partial charge in [0.25, 0.3) is 0 Å². The highest BCUT2D eigenvalue weighted by molar-refractivity contribution is 5.66. The SMILES string of the molecule is O=C(NN1CCOCC1)OCO. The van der Waals surface area contributed by atoms with Gasteiger partial charge in [-0.15, -0.1) is 0 Å². The third-order valence-corrected chi connectivity index (χ3v) is 1.46. The summed E-state index contributed by atoms with van der Waals surface area (Å²) >= 11 is 0. The Morgan fingerprint density at radius 1 is 1.58 bits per heavy atom. The molecule has 0 bridgehead atoms. The first-order chi connectivity index (χ1) is 5.83. The predicted octanol–water partition coefficient (Wildman–Crippen LogP) is -1.09. The molecule has 0 aromatic rings. The second-order valence-corrected chi connectivity index (χ2v) is 2.27. The number of hydrogen-bond acceptors (Lipinski definition) is 5. The van der Waals surface area contributed by atoms with Gasteiger partial charge < -0.3 is 14.6 Å². The molecule has 1 aliphatic rings. The summed E-state index contributed by atoms with van der Waals surface area (Å²) in [5.74, 6) is 0. The lowest BCUT2D eigenvalue weighted by Crippen LogP contribution is -2.48. The summed E-state index contributed by atoms with van der Waals surface area (Å²) in [6.45, 7) is 1.87. The summed E-state index contributed by atoms with van der Waals surface area (Å²) in [6.07, 6.45) is -0.639. The van der Waals surface area contributed by atoms with Crippen LogP contribution in [0.4, 0.5) is 4.79 Å². The van der Waals surface area contributed by atoms with Gasteiger partial charge in [0.2, 0.25) is 0 Å². The third-order valence-electron chi connectivity index (χ3n) is 1.46. The first-order valence-corrected chi connectivity index (χ1v) is 3.70. The molecule has 1 rings (SSSR count). The Labute approximate surface area is 70.0 Å². The summed E-state index contributed by atoms with van der Waals surface area (Å²) in [5.41, 5.74) is 2.45. The number of amides is 1. The van der Waals surface area contributed by atoms with E-state index in [1.165, 1.54) is 0 Å². The number of nitrogens with zero attached hydrogens (tertiary/aromatic N) is 1. The molecule has 2 N–H and O–H groups in total. The van der Waals surface area contributed by atoms with Crippen molar-refractivity contribution in [2.75, 3.05) is 33.1 Å². The van der Waals surface area contributed by atoms with E-state index < -0.39 is 12.9 Å². The van der Waals surface area contributed by atoms with Crippen molar-refractivity contribution in [2.45, 2.75) is 0 Å². The van der Waals surface area contributed by atoms with Crippen LogP contribution in [0.1, 0.15) is 0 Å². The van der Waals surface area contributed by atoms with E-state index in [2.05, 4.69) is 10.2 Å². The Balaban J connectivity index is 2.15. The van der Waals surface area contributed by atoms with Crippen LogP contribution in [0.3, 0.4) is 0 Å². The van der Waals surface area contributed by atoms with Gasteiger partial charge in [0.15, 0.2) is 6.79 Å². The smallest absolute Gasteiger partial charge is 0.422 e. The molecular formula is C6H12N2O4.